The van der Waals surface area contributed by atoms with Gasteiger partial charge in [-0.15, -0.1) is 0 Å². The van der Waals surface area contributed by atoms with Gasteiger partial charge in [0, 0.05) is 4.83 Å². The van der Waals surface area contributed by atoms with Gasteiger partial charge in [-0.25, -0.2) is 0 Å². The molecule has 1 heteroatoms. The molecule has 0 spiro atoms. The van der Waals surface area contributed by atoms with E-state index in [1.165, 1.54) is 5.56 Å². The number of benzene rings is 1. The molecule has 0 fully saturated rings. The predicted octanol–water partition coefficient (Wildman–Crippen LogP) is 4.28. The molecule has 1 rings (SSSR count). The van der Waals surface area contributed by atoms with Crippen molar-refractivity contribution in [3.8, 4) is 0 Å². The van der Waals surface area contributed by atoms with Gasteiger partial charge in [0.05, 0.1) is 0 Å². The summed E-state index contributed by atoms with van der Waals surface area (Å²) in [5.41, 5.74) is 1.42. The molecule has 0 aliphatic rings. The minimum atomic E-state index is 0.588. The van der Waals surface area contributed by atoms with E-state index in [1.807, 2.05) is 0 Å². The molecule has 0 amide bonds. The topological polar surface area (TPSA) is 0 Å². The predicted molar refractivity (Wildman–Crippen MR) is 66.9 cm³/mol. The molecule has 1 aromatic carbocycles. The highest BCUT2D eigenvalue weighted by Crippen LogP contribution is 2.24. The molecule has 0 aromatic heterocycles. The van der Waals surface area contributed by atoms with E-state index in [0.717, 1.165) is 18.3 Å². The van der Waals surface area contributed by atoms with Gasteiger partial charge in [0.25, 0.3) is 0 Å². The summed E-state index contributed by atoms with van der Waals surface area (Å²) < 4.78 is 0. The molecule has 0 aliphatic heterocycles. The van der Waals surface area contributed by atoms with E-state index < -0.39 is 0 Å². The Morgan fingerprint density at radius 2 is 1.64 bits per heavy atom. The summed E-state index contributed by atoms with van der Waals surface area (Å²) in [6, 6.07) is 10.7. The fourth-order valence-electron chi connectivity index (χ4n) is 1.44. The summed E-state index contributed by atoms with van der Waals surface area (Å²) in [6.07, 6.45) is 1.13. The first kappa shape index (κ1) is 11.8. The molecular weight excluding hydrogens is 236 g/mol. The van der Waals surface area contributed by atoms with E-state index in [4.69, 9.17) is 0 Å². The number of alkyl halides is 1. The molecule has 0 aliphatic carbocycles. The molecule has 0 saturated heterocycles. The van der Waals surface area contributed by atoms with Gasteiger partial charge in [0.15, 0.2) is 0 Å². The van der Waals surface area contributed by atoms with E-state index in [1.54, 1.807) is 0 Å². The van der Waals surface area contributed by atoms with Crippen LogP contribution in [0.15, 0.2) is 30.3 Å². The Hall–Kier alpha value is -0.300. The van der Waals surface area contributed by atoms with Crippen LogP contribution in [0.4, 0.5) is 0 Å². The van der Waals surface area contributed by atoms with Crippen LogP contribution < -0.4 is 0 Å². The van der Waals surface area contributed by atoms with Gasteiger partial charge < -0.3 is 0 Å². The van der Waals surface area contributed by atoms with Crippen molar-refractivity contribution in [1.82, 2.24) is 0 Å². The quantitative estimate of drug-likeness (QED) is 0.704. The number of rotatable bonds is 4. The molecule has 1 aromatic rings. The van der Waals surface area contributed by atoms with Gasteiger partial charge >= 0.3 is 0 Å². The fraction of sp³-hybridized carbons (Fsp3) is 0.538. The highest BCUT2D eigenvalue weighted by atomic mass is 79.9. The number of hydrogen-bond acceptors (Lipinski definition) is 0. The van der Waals surface area contributed by atoms with Crippen molar-refractivity contribution in [3.05, 3.63) is 35.9 Å². The monoisotopic (exact) mass is 254 g/mol. The minimum Gasteiger partial charge on any atom is -0.0884 e. The van der Waals surface area contributed by atoms with Gasteiger partial charge in [0.2, 0.25) is 0 Å². The van der Waals surface area contributed by atoms with Crippen LogP contribution in [0.5, 0.6) is 0 Å². The normalized spacial score (nSPS) is 15.5. The van der Waals surface area contributed by atoms with Crippen LogP contribution in [0.25, 0.3) is 0 Å². The lowest BCUT2D eigenvalue weighted by Crippen LogP contribution is -2.18. The van der Waals surface area contributed by atoms with E-state index in [9.17, 15) is 0 Å². The van der Waals surface area contributed by atoms with E-state index in [0.29, 0.717) is 4.83 Å². The molecule has 0 bridgehead atoms. The lowest BCUT2D eigenvalue weighted by molar-refractivity contribution is 0.407. The van der Waals surface area contributed by atoms with Crippen LogP contribution in [0.3, 0.4) is 0 Å². The summed E-state index contributed by atoms with van der Waals surface area (Å²) >= 11 is 3.78. The Labute approximate surface area is 95.9 Å². The van der Waals surface area contributed by atoms with Crippen molar-refractivity contribution in [2.24, 2.45) is 11.8 Å². The van der Waals surface area contributed by atoms with Gasteiger partial charge in [-0.1, -0.05) is 67.0 Å². The minimum absolute atomic E-state index is 0.588. The molecule has 0 heterocycles. The maximum Gasteiger partial charge on any atom is 0.0214 e. The standard InChI is InChI=1S/C13H19Br/c1-10(2)11(3)13(14)9-12-7-5-4-6-8-12/h4-8,10-11,13H,9H2,1-3H3. The first-order valence-corrected chi connectivity index (χ1v) is 6.21. The molecule has 0 nitrogen and oxygen atoms in total. The average molecular weight is 255 g/mol. The third kappa shape index (κ3) is 3.45. The molecule has 78 valence electrons. The van der Waals surface area contributed by atoms with Crippen LogP contribution in [0, 0.1) is 11.8 Å². The third-order valence-corrected chi connectivity index (χ3v) is 4.05. The lowest BCUT2D eigenvalue weighted by Gasteiger charge is -2.21. The number of hydrogen-bond donors (Lipinski definition) is 0. The van der Waals surface area contributed by atoms with E-state index in [-0.39, 0.29) is 0 Å². The zero-order valence-corrected chi connectivity index (χ0v) is 10.8. The molecular formula is C13H19Br. The molecule has 0 N–H and O–H groups in total. The van der Waals surface area contributed by atoms with Gasteiger partial charge in [-0.3, -0.25) is 0 Å². The van der Waals surface area contributed by atoms with Crippen molar-refractivity contribution in [3.63, 3.8) is 0 Å². The smallest absolute Gasteiger partial charge is 0.0214 e. The SMILES string of the molecule is CC(C)C(C)C(Br)Cc1ccccc1. The van der Waals surface area contributed by atoms with Gasteiger partial charge in [0.1, 0.15) is 0 Å². The average Bonchev–Trinajstić information content (AvgIpc) is 2.18. The summed E-state index contributed by atoms with van der Waals surface area (Å²) in [5.74, 6) is 1.46. The molecule has 2 unspecified atom stereocenters. The molecule has 0 radical (unpaired) electrons. The van der Waals surface area contributed by atoms with Crippen molar-refractivity contribution < 1.29 is 0 Å². The fourth-order valence-corrected chi connectivity index (χ4v) is 2.43. The van der Waals surface area contributed by atoms with Gasteiger partial charge in [-0.05, 0) is 23.8 Å². The maximum atomic E-state index is 3.78. The lowest BCUT2D eigenvalue weighted by atomic mass is 9.91. The highest BCUT2D eigenvalue weighted by molar-refractivity contribution is 9.09. The second-order valence-electron chi connectivity index (χ2n) is 4.31. The molecule has 0 saturated carbocycles. The zero-order chi connectivity index (χ0) is 10.6. The van der Waals surface area contributed by atoms with Crippen LogP contribution in [0.1, 0.15) is 26.3 Å². The van der Waals surface area contributed by atoms with Crippen molar-refractivity contribution >= 4 is 15.9 Å². The van der Waals surface area contributed by atoms with Crippen molar-refractivity contribution in [1.29, 1.82) is 0 Å². The van der Waals surface area contributed by atoms with E-state index >= 15 is 0 Å². The first-order valence-electron chi connectivity index (χ1n) is 5.29. The highest BCUT2D eigenvalue weighted by Gasteiger charge is 2.17. The maximum absolute atomic E-state index is 3.78. The molecule has 14 heavy (non-hydrogen) atoms. The third-order valence-electron chi connectivity index (χ3n) is 2.90. The Morgan fingerprint density at radius 3 is 2.14 bits per heavy atom. The van der Waals surface area contributed by atoms with Crippen LogP contribution in [-0.4, -0.2) is 4.83 Å². The number of halogens is 1. The summed E-state index contributed by atoms with van der Waals surface area (Å²) in [5, 5.41) is 0. The Kier molecular flexibility index (Phi) is 4.67. The Balaban J connectivity index is 2.53. The van der Waals surface area contributed by atoms with Crippen LogP contribution in [-0.2, 0) is 6.42 Å². The second kappa shape index (κ2) is 5.55. The first-order chi connectivity index (χ1) is 6.61. The largest absolute Gasteiger partial charge is 0.0884 e. The summed E-state index contributed by atoms with van der Waals surface area (Å²) in [6.45, 7) is 6.88. The zero-order valence-electron chi connectivity index (χ0n) is 9.20. The van der Waals surface area contributed by atoms with Gasteiger partial charge in [-0.2, -0.15) is 0 Å². The van der Waals surface area contributed by atoms with Crippen molar-refractivity contribution in [2.75, 3.05) is 0 Å². The van der Waals surface area contributed by atoms with E-state index in [2.05, 4.69) is 67.0 Å². The van der Waals surface area contributed by atoms with Crippen molar-refractivity contribution in [2.45, 2.75) is 32.0 Å². The Bertz CT molecular complexity index is 253. The summed E-state index contributed by atoms with van der Waals surface area (Å²) in [7, 11) is 0. The summed E-state index contributed by atoms with van der Waals surface area (Å²) in [4.78, 5) is 0.588. The molecule has 2 atom stereocenters. The Morgan fingerprint density at radius 1 is 1.07 bits per heavy atom. The second-order valence-corrected chi connectivity index (χ2v) is 5.48. The van der Waals surface area contributed by atoms with Crippen LogP contribution >= 0.6 is 15.9 Å². The van der Waals surface area contributed by atoms with Crippen LogP contribution in [0.2, 0.25) is 0 Å².